The summed E-state index contributed by atoms with van der Waals surface area (Å²) in [5.74, 6) is 0.287. The minimum Gasteiger partial charge on any atom is -0.245 e. The van der Waals surface area contributed by atoms with Gasteiger partial charge in [-0.05, 0) is 12.1 Å². The molecule has 7 heteroatoms. The largest absolute Gasteiger partial charge is 0.245 e. The number of sulfonamides is 1. The van der Waals surface area contributed by atoms with Crippen LogP contribution >= 0.6 is 11.8 Å². The molecule has 0 spiro atoms. The molecule has 80 valence electrons. The van der Waals surface area contributed by atoms with Crippen LogP contribution in [0.5, 0.6) is 0 Å². The summed E-state index contributed by atoms with van der Waals surface area (Å²) in [7, 11) is -3.41. The number of nitrogens with two attached hydrogens (primary N) is 1. The van der Waals surface area contributed by atoms with Crippen LogP contribution in [-0.2, 0) is 10.0 Å². The number of aromatic nitrogens is 1. The van der Waals surface area contributed by atoms with Crippen LogP contribution in [-0.4, -0.2) is 24.9 Å². The van der Waals surface area contributed by atoms with Crippen LogP contribution in [0.1, 0.15) is 5.69 Å². The molecular formula is C8H9N3O2S2. The molecule has 0 aliphatic heterocycles. The van der Waals surface area contributed by atoms with E-state index in [4.69, 9.17) is 10.4 Å². The van der Waals surface area contributed by atoms with Crippen LogP contribution in [0.4, 0.5) is 0 Å². The highest BCUT2D eigenvalue weighted by molar-refractivity contribution is 8.00. The summed E-state index contributed by atoms with van der Waals surface area (Å²) in [5, 5.41) is 13.4. The van der Waals surface area contributed by atoms with E-state index in [1.807, 2.05) is 6.07 Å². The lowest BCUT2D eigenvalue weighted by molar-refractivity contribution is 0.599. The molecule has 1 heterocycles. The van der Waals surface area contributed by atoms with Crippen LogP contribution in [0, 0.1) is 11.3 Å². The topological polar surface area (TPSA) is 96.8 Å². The molecule has 0 unspecified atom stereocenters. The Kier molecular flexibility index (Phi) is 4.08. The highest BCUT2D eigenvalue weighted by Gasteiger charge is 2.03. The van der Waals surface area contributed by atoms with Gasteiger partial charge in [0, 0.05) is 16.8 Å². The number of primary sulfonamides is 1. The first-order valence-corrected chi connectivity index (χ1v) is 6.71. The Labute approximate surface area is 92.4 Å². The molecular weight excluding hydrogens is 234 g/mol. The number of thioether (sulfide) groups is 1. The van der Waals surface area contributed by atoms with Crippen LogP contribution in [0.25, 0.3) is 0 Å². The number of pyridine rings is 1. The predicted molar refractivity (Wildman–Crippen MR) is 57.7 cm³/mol. The van der Waals surface area contributed by atoms with E-state index >= 15 is 0 Å². The van der Waals surface area contributed by atoms with E-state index in [-0.39, 0.29) is 5.75 Å². The Morgan fingerprint density at radius 2 is 2.33 bits per heavy atom. The molecule has 0 aliphatic rings. The molecule has 0 atom stereocenters. The van der Waals surface area contributed by atoms with E-state index in [1.165, 1.54) is 18.0 Å². The van der Waals surface area contributed by atoms with Crippen LogP contribution < -0.4 is 5.14 Å². The third kappa shape index (κ3) is 4.78. The highest BCUT2D eigenvalue weighted by atomic mass is 32.2. The first-order valence-electron chi connectivity index (χ1n) is 4.01. The Bertz CT molecular complexity index is 479. The lowest BCUT2D eigenvalue weighted by Gasteiger charge is -2.00. The lowest BCUT2D eigenvalue weighted by Crippen LogP contribution is -2.17. The van der Waals surface area contributed by atoms with Gasteiger partial charge in [0.1, 0.15) is 11.8 Å². The smallest absolute Gasteiger partial charge is 0.209 e. The second-order valence-corrected chi connectivity index (χ2v) is 5.61. The maximum absolute atomic E-state index is 10.6. The zero-order valence-electron chi connectivity index (χ0n) is 7.75. The molecule has 0 aromatic carbocycles. The predicted octanol–water partition coefficient (Wildman–Crippen LogP) is 0.334. The van der Waals surface area contributed by atoms with Gasteiger partial charge >= 0.3 is 0 Å². The Hall–Kier alpha value is -1.10. The summed E-state index contributed by atoms with van der Waals surface area (Å²) < 4.78 is 21.3. The van der Waals surface area contributed by atoms with Gasteiger partial charge in [-0.25, -0.2) is 18.5 Å². The van der Waals surface area contributed by atoms with Gasteiger partial charge in [-0.3, -0.25) is 0 Å². The van der Waals surface area contributed by atoms with Crippen molar-refractivity contribution in [1.82, 2.24) is 4.98 Å². The number of hydrogen-bond donors (Lipinski definition) is 1. The van der Waals surface area contributed by atoms with E-state index in [1.54, 1.807) is 12.1 Å². The highest BCUT2D eigenvalue weighted by Crippen LogP contribution is 2.17. The fraction of sp³-hybridized carbons (Fsp3) is 0.250. The standard InChI is InChI=1S/C8H9N3O2S2/c9-6-7-5-8(1-2-11-7)14-3-4-15(10,12)13/h1-2,5H,3-4H2,(H2,10,12,13). The van der Waals surface area contributed by atoms with Crippen molar-refractivity contribution in [1.29, 1.82) is 5.26 Å². The average molecular weight is 243 g/mol. The fourth-order valence-electron chi connectivity index (χ4n) is 0.838. The SMILES string of the molecule is N#Cc1cc(SCCS(N)(=O)=O)ccn1. The molecule has 1 aromatic heterocycles. The number of rotatable bonds is 4. The fourth-order valence-corrected chi connectivity index (χ4v) is 2.69. The third-order valence-corrected chi connectivity index (χ3v) is 3.51. The van der Waals surface area contributed by atoms with E-state index in [2.05, 4.69) is 4.98 Å². The summed E-state index contributed by atoms with van der Waals surface area (Å²) in [5.41, 5.74) is 0.315. The van der Waals surface area contributed by atoms with E-state index in [9.17, 15) is 8.42 Å². The van der Waals surface area contributed by atoms with Gasteiger partial charge in [0.05, 0.1) is 5.75 Å². The second kappa shape index (κ2) is 5.11. The van der Waals surface area contributed by atoms with Crippen molar-refractivity contribution in [2.75, 3.05) is 11.5 Å². The molecule has 1 rings (SSSR count). The Balaban J connectivity index is 2.55. The molecule has 0 saturated heterocycles. The average Bonchev–Trinajstić information content (AvgIpc) is 2.16. The minimum absolute atomic E-state index is 0.0815. The number of hydrogen-bond acceptors (Lipinski definition) is 5. The maximum atomic E-state index is 10.6. The Morgan fingerprint density at radius 1 is 1.60 bits per heavy atom. The van der Waals surface area contributed by atoms with Gasteiger partial charge in [0.2, 0.25) is 10.0 Å². The molecule has 0 fully saturated rings. The van der Waals surface area contributed by atoms with Crippen molar-refractivity contribution in [3.63, 3.8) is 0 Å². The molecule has 1 aromatic rings. The van der Waals surface area contributed by atoms with Crippen molar-refractivity contribution in [3.8, 4) is 6.07 Å². The number of nitriles is 1. The van der Waals surface area contributed by atoms with Crippen molar-refractivity contribution < 1.29 is 8.42 Å². The molecule has 0 bridgehead atoms. The Morgan fingerprint density at radius 3 is 2.93 bits per heavy atom. The van der Waals surface area contributed by atoms with E-state index < -0.39 is 10.0 Å². The van der Waals surface area contributed by atoms with E-state index in [0.29, 0.717) is 11.4 Å². The molecule has 15 heavy (non-hydrogen) atoms. The van der Waals surface area contributed by atoms with Crippen LogP contribution in [0.2, 0.25) is 0 Å². The first-order chi connectivity index (χ1) is 7.01. The molecule has 0 aliphatic carbocycles. The maximum Gasteiger partial charge on any atom is 0.209 e. The zero-order chi connectivity index (χ0) is 11.3. The summed E-state index contributed by atoms with van der Waals surface area (Å²) >= 11 is 1.33. The van der Waals surface area contributed by atoms with Crippen molar-refractivity contribution >= 4 is 21.8 Å². The molecule has 0 radical (unpaired) electrons. The van der Waals surface area contributed by atoms with Gasteiger partial charge in [-0.15, -0.1) is 11.8 Å². The third-order valence-electron chi connectivity index (χ3n) is 1.48. The van der Waals surface area contributed by atoms with Gasteiger partial charge < -0.3 is 0 Å². The quantitative estimate of drug-likeness (QED) is 0.769. The van der Waals surface area contributed by atoms with Gasteiger partial charge in [0.25, 0.3) is 0 Å². The monoisotopic (exact) mass is 243 g/mol. The lowest BCUT2D eigenvalue weighted by atomic mass is 10.4. The first kappa shape index (κ1) is 12.0. The molecule has 5 nitrogen and oxygen atoms in total. The van der Waals surface area contributed by atoms with Crippen LogP contribution in [0.15, 0.2) is 23.2 Å². The van der Waals surface area contributed by atoms with Crippen molar-refractivity contribution in [2.45, 2.75) is 4.90 Å². The summed E-state index contributed by atoms with van der Waals surface area (Å²) in [6.07, 6.45) is 1.51. The van der Waals surface area contributed by atoms with Crippen molar-refractivity contribution in [2.24, 2.45) is 5.14 Å². The minimum atomic E-state index is -3.41. The van der Waals surface area contributed by atoms with Gasteiger partial charge in [0.15, 0.2) is 0 Å². The van der Waals surface area contributed by atoms with Gasteiger partial charge in [-0.1, -0.05) is 0 Å². The number of nitrogens with zero attached hydrogens (tertiary/aromatic N) is 2. The molecule has 0 saturated carbocycles. The van der Waals surface area contributed by atoms with Gasteiger partial charge in [-0.2, -0.15) is 5.26 Å². The summed E-state index contributed by atoms with van der Waals surface area (Å²) in [4.78, 5) is 4.61. The summed E-state index contributed by atoms with van der Waals surface area (Å²) in [6, 6.07) is 5.23. The van der Waals surface area contributed by atoms with Crippen LogP contribution in [0.3, 0.4) is 0 Å². The molecule has 0 amide bonds. The zero-order valence-corrected chi connectivity index (χ0v) is 9.38. The van der Waals surface area contributed by atoms with Crippen molar-refractivity contribution in [3.05, 3.63) is 24.0 Å². The molecule has 2 N–H and O–H groups in total. The second-order valence-electron chi connectivity index (χ2n) is 2.70. The summed E-state index contributed by atoms with van der Waals surface area (Å²) in [6.45, 7) is 0. The normalized spacial score (nSPS) is 10.9. The van der Waals surface area contributed by atoms with E-state index in [0.717, 1.165) is 4.90 Å².